The SMILES string of the molecule is FC(F)(F)c1ccc2[nH]cc(C3CN4CCC3CC4)c2c1. The lowest BCUT2D eigenvalue weighted by Gasteiger charge is -2.44. The lowest BCUT2D eigenvalue weighted by atomic mass is 9.75. The highest BCUT2D eigenvalue weighted by atomic mass is 19.4. The van der Waals surface area contributed by atoms with E-state index in [1.807, 2.05) is 6.20 Å². The average molecular weight is 294 g/mol. The summed E-state index contributed by atoms with van der Waals surface area (Å²) < 4.78 is 38.8. The first-order valence-corrected chi connectivity index (χ1v) is 7.43. The molecule has 3 aliphatic rings. The van der Waals surface area contributed by atoms with Gasteiger partial charge in [0.05, 0.1) is 5.56 Å². The van der Waals surface area contributed by atoms with Gasteiger partial charge in [-0.1, -0.05) is 0 Å². The second-order valence-electron chi connectivity index (χ2n) is 6.25. The highest BCUT2D eigenvalue weighted by molar-refractivity contribution is 5.84. The molecule has 112 valence electrons. The van der Waals surface area contributed by atoms with Crippen LogP contribution in [0.25, 0.3) is 10.9 Å². The van der Waals surface area contributed by atoms with Crippen LogP contribution in [0.5, 0.6) is 0 Å². The van der Waals surface area contributed by atoms with Gasteiger partial charge in [0.1, 0.15) is 0 Å². The van der Waals surface area contributed by atoms with Crippen molar-refractivity contribution in [2.24, 2.45) is 5.92 Å². The lowest BCUT2D eigenvalue weighted by Crippen LogP contribution is -2.46. The maximum Gasteiger partial charge on any atom is 0.416 e. The van der Waals surface area contributed by atoms with Gasteiger partial charge in [0.2, 0.25) is 0 Å². The van der Waals surface area contributed by atoms with Crippen LogP contribution in [-0.2, 0) is 6.18 Å². The first-order chi connectivity index (χ1) is 10.0. The Labute approximate surface area is 120 Å². The minimum atomic E-state index is -4.28. The summed E-state index contributed by atoms with van der Waals surface area (Å²) in [5.41, 5.74) is 1.30. The van der Waals surface area contributed by atoms with Gasteiger partial charge in [0, 0.05) is 29.6 Å². The summed E-state index contributed by atoms with van der Waals surface area (Å²) >= 11 is 0. The largest absolute Gasteiger partial charge is 0.416 e. The zero-order chi connectivity index (χ0) is 14.6. The summed E-state index contributed by atoms with van der Waals surface area (Å²) in [4.78, 5) is 5.57. The molecule has 0 saturated carbocycles. The van der Waals surface area contributed by atoms with Gasteiger partial charge in [-0.15, -0.1) is 0 Å². The number of fused-ring (bicyclic) bond motifs is 4. The van der Waals surface area contributed by atoms with Crippen molar-refractivity contribution in [2.45, 2.75) is 24.9 Å². The third kappa shape index (κ3) is 2.14. The minimum absolute atomic E-state index is 0.365. The maximum absolute atomic E-state index is 12.9. The third-order valence-corrected chi connectivity index (χ3v) is 5.10. The van der Waals surface area contributed by atoms with Crippen molar-refractivity contribution in [1.82, 2.24) is 9.88 Å². The fourth-order valence-electron chi connectivity index (χ4n) is 3.94. The second kappa shape index (κ2) is 4.50. The molecule has 3 fully saturated rings. The van der Waals surface area contributed by atoms with Crippen LogP contribution < -0.4 is 0 Å². The maximum atomic E-state index is 12.9. The number of nitrogens with zero attached hydrogens (tertiary/aromatic N) is 1. The second-order valence-corrected chi connectivity index (χ2v) is 6.25. The third-order valence-electron chi connectivity index (χ3n) is 5.10. The van der Waals surface area contributed by atoms with E-state index in [1.165, 1.54) is 6.07 Å². The van der Waals surface area contributed by atoms with E-state index in [1.54, 1.807) is 6.07 Å². The monoisotopic (exact) mass is 294 g/mol. The van der Waals surface area contributed by atoms with Gasteiger partial charge in [0.25, 0.3) is 0 Å². The van der Waals surface area contributed by atoms with Crippen molar-refractivity contribution in [3.63, 3.8) is 0 Å². The normalized spacial score (nSPS) is 29.2. The number of rotatable bonds is 1. The molecule has 0 radical (unpaired) electrons. The number of hydrogen-bond donors (Lipinski definition) is 1. The molecular formula is C16H17F3N2. The summed E-state index contributed by atoms with van der Waals surface area (Å²) in [7, 11) is 0. The van der Waals surface area contributed by atoms with E-state index < -0.39 is 11.7 Å². The van der Waals surface area contributed by atoms with E-state index >= 15 is 0 Å². The Balaban J connectivity index is 1.78. The Kier molecular flexibility index (Phi) is 2.83. The van der Waals surface area contributed by atoms with E-state index in [0.717, 1.165) is 55.0 Å². The molecule has 5 rings (SSSR count). The molecule has 2 nitrogen and oxygen atoms in total. The zero-order valence-corrected chi connectivity index (χ0v) is 11.6. The van der Waals surface area contributed by atoms with Crippen LogP contribution in [0.1, 0.15) is 29.9 Å². The summed E-state index contributed by atoms with van der Waals surface area (Å²) in [6, 6.07) is 4.00. The average Bonchev–Trinajstić information content (AvgIpc) is 2.90. The van der Waals surface area contributed by atoms with Gasteiger partial charge in [-0.2, -0.15) is 13.2 Å². The van der Waals surface area contributed by atoms with Crippen molar-refractivity contribution in [3.8, 4) is 0 Å². The van der Waals surface area contributed by atoms with Gasteiger partial charge in [-0.3, -0.25) is 0 Å². The molecule has 3 saturated heterocycles. The van der Waals surface area contributed by atoms with Gasteiger partial charge < -0.3 is 9.88 Å². The number of H-pyrrole nitrogens is 1. The van der Waals surface area contributed by atoms with E-state index in [-0.39, 0.29) is 0 Å². The highest BCUT2D eigenvalue weighted by Gasteiger charge is 2.36. The van der Waals surface area contributed by atoms with Gasteiger partial charge in [0.15, 0.2) is 0 Å². The van der Waals surface area contributed by atoms with Crippen LogP contribution in [0.3, 0.4) is 0 Å². The van der Waals surface area contributed by atoms with Crippen molar-refractivity contribution in [1.29, 1.82) is 0 Å². The smallest absolute Gasteiger partial charge is 0.361 e. The molecule has 3 aliphatic heterocycles. The van der Waals surface area contributed by atoms with E-state index in [9.17, 15) is 13.2 Å². The molecule has 5 heteroatoms. The number of hydrogen-bond acceptors (Lipinski definition) is 1. The van der Waals surface area contributed by atoms with Crippen molar-refractivity contribution < 1.29 is 13.2 Å². The molecule has 1 unspecified atom stereocenters. The number of alkyl halides is 3. The van der Waals surface area contributed by atoms with Gasteiger partial charge in [-0.25, -0.2) is 0 Å². The lowest BCUT2D eigenvalue weighted by molar-refractivity contribution is -0.137. The summed E-state index contributed by atoms with van der Waals surface area (Å²) in [6.07, 6.45) is -0.0400. The first-order valence-electron chi connectivity index (χ1n) is 7.43. The number of piperidine rings is 3. The minimum Gasteiger partial charge on any atom is -0.361 e. The topological polar surface area (TPSA) is 19.0 Å². The Morgan fingerprint density at radius 1 is 1.14 bits per heavy atom. The number of halogens is 3. The van der Waals surface area contributed by atoms with Crippen LogP contribution in [0.4, 0.5) is 13.2 Å². The highest BCUT2D eigenvalue weighted by Crippen LogP contribution is 2.42. The number of aromatic nitrogens is 1. The fourth-order valence-corrected chi connectivity index (χ4v) is 3.94. The molecular weight excluding hydrogens is 277 g/mol. The van der Waals surface area contributed by atoms with Crippen molar-refractivity contribution >= 4 is 10.9 Å². The molecule has 2 aromatic rings. The first kappa shape index (κ1) is 13.2. The molecule has 1 aromatic heterocycles. The van der Waals surface area contributed by atoms with Crippen LogP contribution in [0, 0.1) is 5.92 Å². The predicted octanol–water partition coefficient (Wildman–Crippen LogP) is 4.00. The van der Waals surface area contributed by atoms with Crippen molar-refractivity contribution in [3.05, 3.63) is 35.5 Å². The summed E-state index contributed by atoms with van der Waals surface area (Å²) in [5, 5.41) is 0.739. The number of benzene rings is 1. The Hall–Kier alpha value is -1.49. The van der Waals surface area contributed by atoms with Gasteiger partial charge >= 0.3 is 6.18 Å². The molecule has 1 aromatic carbocycles. The summed E-state index contributed by atoms with van der Waals surface area (Å²) in [6.45, 7) is 3.25. The molecule has 2 bridgehead atoms. The molecule has 0 aliphatic carbocycles. The van der Waals surface area contributed by atoms with Crippen LogP contribution in [-0.4, -0.2) is 29.5 Å². The molecule has 1 N–H and O–H groups in total. The predicted molar refractivity (Wildman–Crippen MR) is 75.2 cm³/mol. The summed E-state index contributed by atoms with van der Waals surface area (Å²) in [5.74, 6) is 0.980. The van der Waals surface area contributed by atoms with E-state index in [2.05, 4.69) is 9.88 Å². The zero-order valence-electron chi connectivity index (χ0n) is 11.6. The van der Waals surface area contributed by atoms with Crippen LogP contribution in [0.15, 0.2) is 24.4 Å². The molecule has 0 amide bonds. The Bertz CT molecular complexity index is 666. The standard InChI is InChI=1S/C16H17F3N2/c17-16(18,19)11-1-2-15-12(7-11)13(8-20-15)14-9-21-5-3-10(14)4-6-21/h1-2,7-8,10,14,20H,3-6,9H2. The van der Waals surface area contributed by atoms with Crippen molar-refractivity contribution in [2.75, 3.05) is 19.6 Å². The van der Waals surface area contributed by atoms with Crippen LogP contribution >= 0.6 is 0 Å². The molecule has 0 spiro atoms. The number of aromatic amines is 1. The Morgan fingerprint density at radius 2 is 1.90 bits per heavy atom. The van der Waals surface area contributed by atoms with Gasteiger partial charge in [-0.05, 0) is 55.6 Å². The quantitative estimate of drug-likeness (QED) is 0.842. The fraction of sp³-hybridized carbons (Fsp3) is 0.500. The number of nitrogens with one attached hydrogen (secondary N) is 1. The van der Waals surface area contributed by atoms with Crippen LogP contribution in [0.2, 0.25) is 0 Å². The molecule has 4 heterocycles. The molecule has 1 atom stereocenters. The Morgan fingerprint density at radius 3 is 2.52 bits per heavy atom. The van der Waals surface area contributed by atoms with E-state index in [0.29, 0.717) is 11.8 Å². The molecule has 21 heavy (non-hydrogen) atoms. The van der Waals surface area contributed by atoms with E-state index in [4.69, 9.17) is 0 Å².